The van der Waals surface area contributed by atoms with Gasteiger partial charge in [-0.2, -0.15) is 13.2 Å². The van der Waals surface area contributed by atoms with Gasteiger partial charge in [-0.3, -0.25) is 0 Å². The van der Waals surface area contributed by atoms with Gasteiger partial charge in [0.25, 0.3) is 0 Å². The molecular weight excluding hydrogens is 569 g/mol. The molecule has 0 saturated carbocycles. The number of halogens is 4. The van der Waals surface area contributed by atoms with Gasteiger partial charge >= 0.3 is 18.1 Å². The number of ether oxygens (including phenoxy) is 2. The monoisotopic (exact) mass is 596 g/mol. The Morgan fingerprint density at radius 3 is 2.29 bits per heavy atom. The van der Waals surface area contributed by atoms with Crippen molar-refractivity contribution in [2.45, 2.75) is 51.5 Å². The summed E-state index contributed by atoms with van der Waals surface area (Å²) in [6.45, 7) is 4.65. The van der Waals surface area contributed by atoms with Gasteiger partial charge in [-0.05, 0) is 56.7 Å². The highest BCUT2D eigenvalue weighted by Crippen LogP contribution is 2.44. The van der Waals surface area contributed by atoms with Crippen LogP contribution in [0.2, 0.25) is 0 Å². The van der Waals surface area contributed by atoms with Crippen molar-refractivity contribution in [1.82, 2.24) is 0 Å². The fourth-order valence-corrected chi connectivity index (χ4v) is 4.70. The van der Waals surface area contributed by atoms with Crippen molar-refractivity contribution in [3.8, 4) is 0 Å². The number of aliphatic hydroxyl groups is 1. The van der Waals surface area contributed by atoms with Gasteiger partial charge in [-0.1, -0.05) is 34.1 Å². The van der Waals surface area contributed by atoms with Gasteiger partial charge in [0.15, 0.2) is 0 Å². The summed E-state index contributed by atoms with van der Waals surface area (Å²) in [5, 5.41) is 9.72. The van der Waals surface area contributed by atoms with Crippen molar-refractivity contribution in [3.05, 3.63) is 86.8 Å². The summed E-state index contributed by atoms with van der Waals surface area (Å²) in [7, 11) is 1.17. The summed E-state index contributed by atoms with van der Waals surface area (Å²) < 4.78 is 51.9. The average Bonchev–Trinajstić information content (AvgIpc) is 2.82. The number of alkyl halides is 3. The number of rotatable bonds is 7. The van der Waals surface area contributed by atoms with E-state index in [1.54, 1.807) is 38.1 Å². The lowest BCUT2D eigenvalue weighted by atomic mass is 9.80. The molecule has 1 aliphatic rings. The zero-order valence-electron chi connectivity index (χ0n) is 21.2. The second-order valence-electron chi connectivity index (χ2n) is 8.96. The molecule has 38 heavy (non-hydrogen) atoms. The van der Waals surface area contributed by atoms with Crippen LogP contribution in [0.3, 0.4) is 0 Å². The lowest BCUT2D eigenvalue weighted by molar-refractivity contribution is -0.145. The van der Waals surface area contributed by atoms with Gasteiger partial charge in [-0.25, -0.2) is 9.59 Å². The third-order valence-electron chi connectivity index (χ3n) is 6.06. The summed E-state index contributed by atoms with van der Waals surface area (Å²) in [6.07, 6.45) is -5.97. The minimum atomic E-state index is -4.63. The zero-order chi connectivity index (χ0) is 28.4. The highest BCUT2D eigenvalue weighted by atomic mass is 79.9. The maximum atomic E-state index is 13.6. The molecule has 0 saturated heterocycles. The number of nitrogens with zero attached hydrogens (tertiary/aromatic N) is 1. The lowest BCUT2D eigenvalue weighted by Crippen LogP contribution is -2.40. The minimum absolute atomic E-state index is 0.00665. The zero-order valence-corrected chi connectivity index (χ0v) is 22.8. The van der Waals surface area contributed by atoms with Crippen LogP contribution in [-0.4, -0.2) is 36.4 Å². The summed E-state index contributed by atoms with van der Waals surface area (Å²) in [5.74, 6) is -2.91. The minimum Gasteiger partial charge on any atom is -0.466 e. The summed E-state index contributed by atoms with van der Waals surface area (Å²) in [4.78, 5) is 27.9. The lowest BCUT2D eigenvalue weighted by Gasteiger charge is -2.37. The van der Waals surface area contributed by atoms with Gasteiger partial charge in [0, 0.05) is 22.3 Å². The van der Waals surface area contributed by atoms with Crippen LogP contribution in [0.4, 0.5) is 18.9 Å². The standard InChI is InChI=1S/C27H28BrF3N2O5/c1-14(34)12-15(2)38-26(36)23-22(17-8-10-19(28)11-9-17)21(25(35)37-4)16(3)33(24(23)32)20-7-5-6-18(13-20)27(29,30)31/h5-11,13-15,22,34H,12,32H2,1-4H3. The summed E-state index contributed by atoms with van der Waals surface area (Å²) >= 11 is 3.36. The molecule has 7 nitrogen and oxygen atoms in total. The number of carbonyl (C=O) groups is 2. The molecule has 0 amide bonds. The predicted octanol–water partition coefficient (Wildman–Crippen LogP) is 5.39. The molecule has 3 N–H and O–H groups in total. The molecule has 2 aromatic rings. The number of anilines is 1. The van der Waals surface area contributed by atoms with Crippen LogP contribution in [0.25, 0.3) is 0 Å². The van der Waals surface area contributed by atoms with Crippen LogP contribution in [0.15, 0.2) is 75.7 Å². The molecule has 1 heterocycles. The SMILES string of the molecule is COC(=O)C1=C(C)N(c2cccc(C(F)(F)F)c2)C(N)=C(C(=O)OC(C)CC(C)O)C1c1ccc(Br)cc1. The molecule has 0 bridgehead atoms. The Morgan fingerprint density at radius 1 is 1.11 bits per heavy atom. The van der Waals surface area contributed by atoms with Crippen molar-refractivity contribution in [2.75, 3.05) is 12.0 Å². The van der Waals surface area contributed by atoms with Crippen LogP contribution in [-0.2, 0) is 25.2 Å². The molecule has 3 rings (SSSR count). The van der Waals surface area contributed by atoms with Gasteiger partial charge < -0.3 is 25.2 Å². The molecule has 204 valence electrons. The van der Waals surface area contributed by atoms with E-state index in [9.17, 15) is 27.9 Å². The maximum absolute atomic E-state index is 13.6. The van der Waals surface area contributed by atoms with E-state index in [1.807, 2.05) is 0 Å². The Morgan fingerprint density at radius 2 is 1.74 bits per heavy atom. The van der Waals surface area contributed by atoms with E-state index >= 15 is 0 Å². The second kappa shape index (κ2) is 11.6. The third kappa shape index (κ3) is 6.21. The number of hydrogen-bond donors (Lipinski definition) is 2. The molecule has 3 atom stereocenters. The first-order valence-corrected chi connectivity index (χ1v) is 12.5. The topological polar surface area (TPSA) is 102 Å². The van der Waals surface area contributed by atoms with E-state index in [-0.39, 0.29) is 34.8 Å². The molecule has 0 aliphatic carbocycles. The number of carbonyl (C=O) groups excluding carboxylic acids is 2. The van der Waals surface area contributed by atoms with Gasteiger partial charge in [0.05, 0.1) is 35.8 Å². The average molecular weight is 597 g/mol. The molecule has 11 heteroatoms. The molecule has 1 aliphatic heterocycles. The van der Waals surface area contributed by atoms with E-state index < -0.39 is 41.8 Å². The molecule has 0 radical (unpaired) electrons. The molecule has 3 unspecified atom stereocenters. The summed E-state index contributed by atoms with van der Waals surface area (Å²) in [6, 6.07) is 11.2. The Balaban J connectivity index is 2.29. The number of benzene rings is 2. The van der Waals surface area contributed by atoms with E-state index in [2.05, 4.69) is 15.9 Å². The predicted molar refractivity (Wildman–Crippen MR) is 139 cm³/mol. The van der Waals surface area contributed by atoms with Crippen LogP contribution in [0, 0.1) is 0 Å². The van der Waals surface area contributed by atoms with Crippen LogP contribution >= 0.6 is 15.9 Å². The van der Waals surface area contributed by atoms with Crippen molar-refractivity contribution in [3.63, 3.8) is 0 Å². The van der Waals surface area contributed by atoms with E-state index in [1.165, 1.54) is 31.1 Å². The first-order chi connectivity index (χ1) is 17.8. The highest BCUT2D eigenvalue weighted by Gasteiger charge is 2.42. The Hall–Kier alpha value is -3.31. The van der Waals surface area contributed by atoms with Crippen molar-refractivity contribution in [2.24, 2.45) is 5.73 Å². The number of nitrogens with two attached hydrogens (primary N) is 1. The van der Waals surface area contributed by atoms with Crippen molar-refractivity contribution >= 4 is 33.6 Å². The quantitative estimate of drug-likeness (QED) is 0.413. The Bertz CT molecular complexity index is 1270. The van der Waals surface area contributed by atoms with Gasteiger partial charge in [0.2, 0.25) is 0 Å². The van der Waals surface area contributed by atoms with Crippen LogP contribution in [0.5, 0.6) is 0 Å². The Kier molecular flexibility index (Phi) is 8.94. The number of esters is 2. The fourth-order valence-electron chi connectivity index (χ4n) is 4.44. The molecular formula is C27H28BrF3N2O5. The van der Waals surface area contributed by atoms with E-state index in [4.69, 9.17) is 15.2 Å². The number of allylic oxidation sites excluding steroid dienone is 1. The normalized spacial score (nSPS) is 17.8. The summed E-state index contributed by atoms with van der Waals surface area (Å²) in [5.41, 5.74) is 6.15. The molecule has 0 fully saturated rings. The first-order valence-electron chi connectivity index (χ1n) is 11.7. The van der Waals surface area contributed by atoms with E-state index in [0.29, 0.717) is 5.56 Å². The van der Waals surface area contributed by atoms with Crippen LogP contribution < -0.4 is 10.6 Å². The largest absolute Gasteiger partial charge is 0.466 e. The molecule has 0 aromatic heterocycles. The number of aliphatic hydroxyl groups excluding tert-OH is 1. The Labute approximate surface area is 226 Å². The first kappa shape index (κ1) is 29.2. The highest BCUT2D eigenvalue weighted by molar-refractivity contribution is 9.10. The third-order valence-corrected chi connectivity index (χ3v) is 6.59. The maximum Gasteiger partial charge on any atom is 0.416 e. The van der Waals surface area contributed by atoms with Crippen LogP contribution in [0.1, 0.15) is 44.2 Å². The van der Waals surface area contributed by atoms with Crippen molar-refractivity contribution < 1.29 is 37.3 Å². The second-order valence-corrected chi connectivity index (χ2v) is 9.87. The smallest absolute Gasteiger partial charge is 0.416 e. The number of hydrogen-bond acceptors (Lipinski definition) is 7. The van der Waals surface area contributed by atoms with Gasteiger partial charge in [-0.15, -0.1) is 0 Å². The fraction of sp³-hybridized carbons (Fsp3) is 0.333. The molecule has 2 aromatic carbocycles. The van der Waals surface area contributed by atoms with Crippen molar-refractivity contribution in [1.29, 1.82) is 0 Å². The number of methoxy groups -OCH3 is 1. The van der Waals surface area contributed by atoms with Gasteiger partial charge in [0.1, 0.15) is 11.9 Å². The van der Waals surface area contributed by atoms with E-state index in [0.717, 1.165) is 16.6 Å². The molecule has 0 spiro atoms.